The molecule has 0 aliphatic carbocycles. The van der Waals surface area contributed by atoms with Crippen molar-refractivity contribution in [3.8, 4) is 5.75 Å². The Bertz CT molecular complexity index is 795. The first-order valence-corrected chi connectivity index (χ1v) is 9.45. The van der Waals surface area contributed by atoms with E-state index < -0.39 is 0 Å². The molecule has 0 spiro atoms. The number of hydrogen-bond acceptors (Lipinski definition) is 3. The van der Waals surface area contributed by atoms with Crippen LogP contribution < -0.4 is 4.74 Å². The quantitative estimate of drug-likeness (QED) is 0.737. The number of halogens is 1. The highest BCUT2D eigenvalue weighted by Crippen LogP contribution is 2.21. The standard InChI is InChI=1S/C22H25FN2O3/c1-24(14-17-5-3-2-4-6-17)21(26)13-18-11-12-25(15-18)22(27)16-28-20-9-7-19(23)8-10-20/h2-10,18H,11-16H2,1H3. The molecule has 1 atom stereocenters. The first kappa shape index (κ1) is 19.9. The van der Waals surface area contributed by atoms with Gasteiger partial charge in [-0.2, -0.15) is 0 Å². The van der Waals surface area contributed by atoms with Crippen molar-refractivity contribution in [2.45, 2.75) is 19.4 Å². The largest absolute Gasteiger partial charge is 0.484 e. The fraction of sp³-hybridized carbons (Fsp3) is 0.364. The topological polar surface area (TPSA) is 49.9 Å². The van der Waals surface area contributed by atoms with Crippen LogP contribution >= 0.6 is 0 Å². The molecule has 1 aliphatic heterocycles. The van der Waals surface area contributed by atoms with Crippen molar-refractivity contribution in [2.75, 3.05) is 26.7 Å². The van der Waals surface area contributed by atoms with Crippen LogP contribution in [0.5, 0.6) is 5.75 Å². The van der Waals surface area contributed by atoms with Crippen molar-refractivity contribution in [3.05, 3.63) is 66.0 Å². The molecular weight excluding hydrogens is 359 g/mol. The summed E-state index contributed by atoms with van der Waals surface area (Å²) in [5.74, 6) is 0.259. The maximum Gasteiger partial charge on any atom is 0.260 e. The molecule has 1 unspecified atom stereocenters. The lowest BCUT2D eigenvalue weighted by molar-refractivity contribution is -0.134. The van der Waals surface area contributed by atoms with Gasteiger partial charge in [0, 0.05) is 33.1 Å². The summed E-state index contributed by atoms with van der Waals surface area (Å²) < 4.78 is 18.3. The molecule has 5 nitrogen and oxygen atoms in total. The van der Waals surface area contributed by atoms with Gasteiger partial charge in [0.05, 0.1) is 0 Å². The Balaban J connectivity index is 1.42. The van der Waals surface area contributed by atoms with Crippen LogP contribution in [0.25, 0.3) is 0 Å². The van der Waals surface area contributed by atoms with Crippen molar-refractivity contribution in [2.24, 2.45) is 5.92 Å². The number of carbonyl (C=O) groups excluding carboxylic acids is 2. The molecule has 0 aromatic heterocycles. The van der Waals surface area contributed by atoms with Gasteiger partial charge in [-0.25, -0.2) is 4.39 Å². The molecule has 0 N–H and O–H groups in total. The number of amides is 2. The number of nitrogens with zero attached hydrogens (tertiary/aromatic N) is 2. The molecule has 0 saturated carbocycles. The van der Waals surface area contributed by atoms with E-state index >= 15 is 0 Å². The van der Waals surface area contributed by atoms with E-state index in [-0.39, 0.29) is 30.2 Å². The molecule has 1 saturated heterocycles. The number of benzene rings is 2. The Morgan fingerprint density at radius 2 is 1.86 bits per heavy atom. The van der Waals surface area contributed by atoms with Gasteiger partial charge in [0.25, 0.3) is 5.91 Å². The summed E-state index contributed by atoms with van der Waals surface area (Å²) in [7, 11) is 1.81. The van der Waals surface area contributed by atoms with Crippen molar-refractivity contribution in [1.82, 2.24) is 9.80 Å². The van der Waals surface area contributed by atoms with Crippen molar-refractivity contribution in [1.29, 1.82) is 0 Å². The Morgan fingerprint density at radius 3 is 2.57 bits per heavy atom. The van der Waals surface area contributed by atoms with Gasteiger partial charge in [0.1, 0.15) is 11.6 Å². The third-order valence-corrected chi connectivity index (χ3v) is 4.97. The Labute approximate surface area is 164 Å². The summed E-state index contributed by atoms with van der Waals surface area (Å²) >= 11 is 0. The lowest BCUT2D eigenvalue weighted by Gasteiger charge is -2.20. The van der Waals surface area contributed by atoms with Gasteiger partial charge in [-0.1, -0.05) is 30.3 Å². The number of ether oxygens (including phenoxy) is 1. The summed E-state index contributed by atoms with van der Waals surface area (Å²) in [6.07, 6.45) is 1.25. The second-order valence-corrected chi connectivity index (χ2v) is 7.18. The monoisotopic (exact) mass is 384 g/mol. The highest BCUT2D eigenvalue weighted by Gasteiger charge is 2.28. The van der Waals surface area contributed by atoms with Crippen LogP contribution in [-0.2, 0) is 16.1 Å². The fourth-order valence-electron chi connectivity index (χ4n) is 3.34. The smallest absolute Gasteiger partial charge is 0.260 e. The van der Waals surface area contributed by atoms with Crippen LogP contribution in [0.3, 0.4) is 0 Å². The molecule has 1 heterocycles. The van der Waals surface area contributed by atoms with Gasteiger partial charge < -0.3 is 14.5 Å². The lowest BCUT2D eigenvalue weighted by Crippen LogP contribution is -2.34. The first-order chi connectivity index (χ1) is 13.5. The molecule has 0 bridgehead atoms. The molecule has 6 heteroatoms. The molecule has 2 aromatic rings. The Hall–Kier alpha value is -2.89. The molecule has 148 valence electrons. The van der Waals surface area contributed by atoms with Crippen LogP contribution in [0.2, 0.25) is 0 Å². The summed E-state index contributed by atoms with van der Waals surface area (Å²) in [5, 5.41) is 0. The summed E-state index contributed by atoms with van der Waals surface area (Å²) in [5.41, 5.74) is 1.10. The minimum atomic E-state index is -0.344. The average molecular weight is 384 g/mol. The molecule has 3 rings (SSSR count). The lowest BCUT2D eigenvalue weighted by atomic mass is 10.0. The predicted octanol–water partition coefficient (Wildman–Crippen LogP) is 3.10. The van der Waals surface area contributed by atoms with Gasteiger partial charge in [-0.3, -0.25) is 9.59 Å². The van der Waals surface area contributed by atoms with Crippen LogP contribution in [0.4, 0.5) is 4.39 Å². The number of carbonyl (C=O) groups is 2. The van der Waals surface area contributed by atoms with Gasteiger partial charge >= 0.3 is 0 Å². The Kier molecular flexibility index (Phi) is 6.63. The van der Waals surface area contributed by atoms with E-state index in [1.165, 1.54) is 24.3 Å². The van der Waals surface area contributed by atoms with E-state index in [2.05, 4.69) is 0 Å². The summed E-state index contributed by atoms with van der Waals surface area (Å²) in [4.78, 5) is 28.3. The summed E-state index contributed by atoms with van der Waals surface area (Å²) in [6, 6.07) is 15.5. The third kappa shape index (κ3) is 5.55. The SMILES string of the molecule is CN(Cc1ccccc1)C(=O)CC1CCN(C(=O)COc2ccc(F)cc2)C1. The fourth-order valence-corrected chi connectivity index (χ4v) is 3.34. The van der Waals surface area contributed by atoms with Gasteiger partial charge in [-0.05, 0) is 42.2 Å². The highest BCUT2D eigenvalue weighted by atomic mass is 19.1. The van der Waals surface area contributed by atoms with Crippen molar-refractivity contribution in [3.63, 3.8) is 0 Å². The van der Waals surface area contributed by atoms with E-state index in [0.29, 0.717) is 31.8 Å². The number of rotatable bonds is 7. The second kappa shape index (κ2) is 9.35. The maximum absolute atomic E-state index is 12.9. The van der Waals surface area contributed by atoms with Crippen LogP contribution in [0.15, 0.2) is 54.6 Å². The number of likely N-dealkylation sites (tertiary alicyclic amines) is 1. The van der Waals surface area contributed by atoms with E-state index in [1.54, 1.807) is 9.80 Å². The van der Waals surface area contributed by atoms with E-state index in [9.17, 15) is 14.0 Å². The average Bonchev–Trinajstić information content (AvgIpc) is 3.16. The van der Waals surface area contributed by atoms with E-state index in [4.69, 9.17) is 4.74 Å². The molecule has 28 heavy (non-hydrogen) atoms. The third-order valence-electron chi connectivity index (χ3n) is 4.97. The molecule has 0 radical (unpaired) electrons. The van der Waals surface area contributed by atoms with Gasteiger partial charge in [-0.15, -0.1) is 0 Å². The van der Waals surface area contributed by atoms with Crippen molar-refractivity contribution >= 4 is 11.8 Å². The normalized spacial score (nSPS) is 16.1. The molecule has 1 aliphatic rings. The minimum absolute atomic E-state index is 0.0831. The summed E-state index contributed by atoms with van der Waals surface area (Å²) in [6.45, 7) is 1.70. The second-order valence-electron chi connectivity index (χ2n) is 7.18. The predicted molar refractivity (Wildman–Crippen MR) is 104 cm³/mol. The molecule has 2 aromatic carbocycles. The molecule has 1 fully saturated rings. The van der Waals surface area contributed by atoms with Crippen LogP contribution in [-0.4, -0.2) is 48.4 Å². The van der Waals surface area contributed by atoms with Gasteiger partial charge in [0.15, 0.2) is 6.61 Å². The zero-order valence-electron chi connectivity index (χ0n) is 16.0. The van der Waals surface area contributed by atoms with Gasteiger partial charge in [0.2, 0.25) is 5.91 Å². The molecular formula is C22H25FN2O3. The minimum Gasteiger partial charge on any atom is -0.484 e. The zero-order chi connectivity index (χ0) is 19.9. The number of hydrogen-bond donors (Lipinski definition) is 0. The Morgan fingerprint density at radius 1 is 1.14 bits per heavy atom. The zero-order valence-corrected chi connectivity index (χ0v) is 16.0. The van der Waals surface area contributed by atoms with Crippen LogP contribution in [0.1, 0.15) is 18.4 Å². The maximum atomic E-state index is 12.9. The van der Waals surface area contributed by atoms with Crippen LogP contribution in [0, 0.1) is 11.7 Å². The first-order valence-electron chi connectivity index (χ1n) is 9.45. The van der Waals surface area contributed by atoms with E-state index in [0.717, 1.165) is 12.0 Å². The molecule has 2 amide bonds. The van der Waals surface area contributed by atoms with E-state index in [1.807, 2.05) is 37.4 Å². The van der Waals surface area contributed by atoms with Crippen molar-refractivity contribution < 1.29 is 18.7 Å². The highest BCUT2D eigenvalue weighted by molar-refractivity contribution is 5.79.